The Balaban J connectivity index is 1.96. The van der Waals surface area contributed by atoms with E-state index in [0.29, 0.717) is 30.9 Å². The van der Waals surface area contributed by atoms with Gasteiger partial charge in [0.25, 0.3) is 0 Å². The Morgan fingerprint density at radius 3 is 2.45 bits per heavy atom. The van der Waals surface area contributed by atoms with E-state index in [0.717, 1.165) is 15.8 Å². The van der Waals surface area contributed by atoms with Crippen molar-refractivity contribution in [2.45, 2.75) is 31.3 Å². The van der Waals surface area contributed by atoms with Gasteiger partial charge in [-0.25, -0.2) is 4.98 Å². The van der Waals surface area contributed by atoms with Crippen molar-refractivity contribution >= 4 is 50.3 Å². The molecule has 0 aliphatic heterocycles. The fraction of sp³-hybridized carbons (Fsp3) is 0.286. The van der Waals surface area contributed by atoms with E-state index in [-0.39, 0.29) is 5.91 Å². The van der Waals surface area contributed by atoms with E-state index in [9.17, 15) is 9.59 Å². The number of anilines is 1. The number of thiol groups is 1. The summed E-state index contributed by atoms with van der Waals surface area (Å²) in [5, 5.41) is 0.0436. The van der Waals surface area contributed by atoms with E-state index in [4.69, 9.17) is 11.5 Å². The van der Waals surface area contributed by atoms with E-state index in [2.05, 4.69) is 17.6 Å². The van der Waals surface area contributed by atoms with Gasteiger partial charge in [-0.2, -0.15) is 0 Å². The molecule has 4 N–H and O–H groups in total. The summed E-state index contributed by atoms with van der Waals surface area (Å²) in [5.74, 6) is -0.350. The normalized spacial score (nSPS) is 13.2. The number of nitrogens with zero attached hydrogens (tertiary/aromatic N) is 2. The third-order valence-corrected chi connectivity index (χ3v) is 5.95. The average Bonchev–Trinajstić information content (AvgIpc) is 3.14. The maximum Gasteiger partial charge on any atom is 0.246 e. The highest BCUT2D eigenvalue weighted by molar-refractivity contribution is 7.96. The summed E-state index contributed by atoms with van der Waals surface area (Å²) in [6.07, 6.45) is 1.35. The molecule has 1 aromatic heterocycles. The topological polar surface area (TPSA) is 102 Å². The zero-order valence-electron chi connectivity index (χ0n) is 15.9. The van der Waals surface area contributed by atoms with Crippen molar-refractivity contribution in [3.8, 4) is 0 Å². The van der Waals surface area contributed by atoms with Crippen LogP contribution >= 0.6 is 24.0 Å². The van der Waals surface area contributed by atoms with Gasteiger partial charge < -0.3 is 11.5 Å². The first-order valence-electron chi connectivity index (χ1n) is 9.42. The second-order valence-corrected chi connectivity index (χ2v) is 8.20. The molecule has 6 nitrogen and oxygen atoms in total. The number of carbonyl (C=O) groups excluding carboxylic acids is 2. The summed E-state index contributed by atoms with van der Waals surface area (Å²) >= 11 is 5.40. The molecule has 0 aliphatic carbocycles. The highest BCUT2D eigenvalue weighted by Crippen LogP contribution is 2.31. The molecule has 0 radical (unpaired) electrons. The summed E-state index contributed by atoms with van der Waals surface area (Å²) < 4.78 is 0.932. The Labute approximate surface area is 179 Å². The predicted octanol–water partition coefficient (Wildman–Crippen LogP) is 2.76. The molecule has 2 aromatic carbocycles. The number of fused-ring (bicyclic) bond motifs is 1. The Bertz CT molecular complexity index is 944. The molecule has 29 heavy (non-hydrogen) atoms. The SMILES string of the molecule is NCCC[C@@H](C(=O)S)N(C(=O)[C@H](N)Cc1ccccc1)c1nc2ccccc2s1. The molecule has 0 spiro atoms. The second kappa shape index (κ2) is 9.98. The van der Waals surface area contributed by atoms with Gasteiger partial charge in [-0.15, -0.1) is 12.6 Å². The lowest BCUT2D eigenvalue weighted by molar-refractivity contribution is -0.122. The van der Waals surface area contributed by atoms with Crippen LogP contribution in [0.5, 0.6) is 0 Å². The number of para-hydroxylation sites is 1. The zero-order chi connectivity index (χ0) is 20.8. The van der Waals surface area contributed by atoms with Crippen LogP contribution < -0.4 is 16.4 Å². The number of amides is 1. The number of aromatic nitrogens is 1. The molecule has 8 heteroatoms. The van der Waals surface area contributed by atoms with Gasteiger partial charge in [-0.1, -0.05) is 53.8 Å². The van der Waals surface area contributed by atoms with E-state index in [1.807, 2.05) is 54.6 Å². The Morgan fingerprint density at radius 2 is 1.79 bits per heavy atom. The van der Waals surface area contributed by atoms with Crippen LogP contribution in [0.25, 0.3) is 10.2 Å². The molecular weight excluding hydrogens is 404 g/mol. The molecular formula is C21H24N4O2S2. The van der Waals surface area contributed by atoms with Gasteiger partial charge in [0.15, 0.2) is 5.13 Å². The fourth-order valence-electron chi connectivity index (χ4n) is 3.15. The van der Waals surface area contributed by atoms with Crippen molar-refractivity contribution in [1.29, 1.82) is 0 Å². The Hall–Kier alpha value is -2.26. The minimum atomic E-state index is -0.808. The predicted molar refractivity (Wildman–Crippen MR) is 121 cm³/mol. The molecule has 3 aromatic rings. The largest absolute Gasteiger partial charge is 0.330 e. The number of rotatable bonds is 9. The average molecular weight is 429 g/mol. The van der Waals surface area contributed by atoms with Gasteiger partial charge in [-0.05, 0) is 43.5 Å². The van der Waals surface area contributed by atoms with Crippen LogP contribution in [0.15, 0.2) is 54.6 Å². The number of hydrogen-bond acceptors (Lipinski definition) is 6. The molecule has 0 saturated carbocycles. The number of benzene rings is 2. The number of nitrogens with two attached hydrogens (primary N) is 2. The minimum absolute atomic E-state index is 0.350. The first kappa shape index (κ1) is 21.4. The lowest BCUT2D eigenvalue weighted by Crippen LogP contribution is -2.52. The van der Waals surface area contributed by atoms with Gasteiger partial charge in [0, 0.05) is 0 Å². The summed E-state index contributed by atoms with van der Waals surface area (Å²) in [6, 6.07) is 15.6. The van der Waals surface area contributed by atoms with Crippen LogP contribution in [0.4, 0.5) is 5.13 Å². The van der Waals surface area contributed by atoms with Crippen molar-refractivity contribution in [2.24, 2.45) is 11.5 Å². The van der Waals surface area contributed by atoms with E-state index in [1.165, 1.54) is 16.2 Å². The maximum absolute atomic E-state index is 13.4. The summed E-state index contributed by atoms with van der Waals surface area (Å²) in [5.41, 5.74) is 13.6. The fourth-order valence-corrected chi connectivity index (χ4v) is 4.42. The van der Waals surface area contributed by atoms with Crippen molar-refractivity contribution in [3.05, 3.63) is 60.2 Å². The Morgan fingerprint density at radius 1 is 1.10 bits per heavy atom. The van der Waals surface area contributed by atoms with Gasteiger partial charge in [0.2, 0.25) is 11.0 Å². The maximum atomic E-state index is 13.4. The van der Waals surface area contributed by atoms with Crippen LogP contribution in [-0.4, -0.2) is 34.6 Å². The summed E-state index contributed by atoms with van der Waals surface area (Å²) in [4.78, 5) is 31.7. The summed E-state index contributed by atoms with van der Waals surface area (Å²) in [6.45, 7) is 0.412. The first-order chi connectivity index (χ1) is 14.0. The lowest BCUT2D eigenvalue weighted by Gasteiger charge is -2.29. The number of hydrogen-bond donors (Lipinski definition) is 3. The standard InChI is InChI=1S/C21H24N4O2S2/c22-12-6-10-17(20(27)28)25(21-24-16-9-4-5-11-18(16)29-21)19(26)15(23)13-14-7-2-1-3-8-14/h1-5,7-9,11,15,17H,6,10,12-13,22-23H2,(H,27,28)/t15-,17+/m1/s1. The molecule has 0 bridgehead atoms. The van der Waals surface area contributed by atoms with Crippen LogP contribution in [0.2, 0.25) is 0 Å². The third kappa shape index (κ3) is 5.22. The van der Waals surface area contributed by atoms with Crippen molar-refractivity contribution in [1.82, 2.24) is 4.98 Å². The molecule has 0 saturated heterocycles. The first-order valence-corrected chi connectivity index (χ1v) is 10.7. The van der Waals surface area contributed by atoms with E-state index < -0.39 is 17.2 Å². The molecule has 1 amide bonds. The van der Waals surface area contributed by atoms with Gasteiger partial charge in [-0.3, -0.25) is 14.5 Å². The van der Waals surface area contributed by atoms with Crippen LogP contribution in [-0.2, 0) is 16.0 Å². The lowest BCUT2D eigenvalue weighted by atomic mass is 10.0. The van der Waals surface area contributed by atoms with Crippen molar-refractivity contribution in [3.63, 3.8) is 0 Å². The minimum Gasteiger partial charge on any atom is -0.330 e. The molecule has 0 unspecified atom stereocenters. The molecule has 1 heterocycles. The smallest absolute Gasteiger partial charge is 0.246 e. The van der Waals surface area contributed by atoms with Crippen molar-refractivity contribution < 1.29 is 9.59 Å². The molecule has 3 rings (SSSR count). The second-order valence-electron chi connectivity index (χ2n) is 6.75. The highest BCUT2D eigenvalue weighted by atomic mass is 32.1. The third-order valence-electron chi connectivity index (χ3n) is 4.62. The monoisotopic (exact) mass is 428 g/mol. The van der Waals surface area contributed by atoms with Crippen molar-refractivity contribution in [2.75, 3.05) is 11.4 Å². The van der Waals surface area contributed by atoms with E-state index in [1.54, 1.807) is 0 Å². The molecule has 0 fully saturated rings. The molecule has 152 valence electrons. The van der Waals surface area contributed by atoms with Crippen LogP contribution in [0, 0.1) is 0 Å². The molecule has 0 aliphatic rings. The van der Waals surface area contributed by atoms with Gasteiger partial charge >= 0.3 is 0 Å². The summed E-state index contributed by atoms with van der Waals surface area (Å²) in [7, 11) is 0. The number of thiazole rings is 1. The van der Waals surface area contributed by atoms with E-state index >= 15 is 0 Å². The molecule has 2 atom stereocenters. The highest BCUT2D eigenvalue weighted by Gasteiger charge is 2.34. The Kier molecular flexibility index (Phi) is 7.38. The van der Waals surface area contributed by atoms with Crippen LogP contribution in [0.3, 0.4) is 0 Å². The van der Waals surface area contributed by atoms with Gasteiger partial charge in [0.1, 0.15) is 6.04 Å². The van der Waals surface area contributed by atoms with Gasteiger partial charge in [0.05, 0.1) is 16.3 Å². The quantitative estimate of drug-likeness (QED) is 0.455. The van der Waals surface area contributed by atoms with Crippen LogP contribution in [0.1, 0.15) is 18.4 Å². The zero-order valence-corrected chi connectivity index (χ0v) is 17.6. The number of carbonyl (C=O) groups is 2.